The summed E-state index contributed by atoms with van der Waals surface area (Å²) in [5, 5.41) is 0. The van der Waals surface area contributed by atoms with Crippen molar-refractivity contribution in [2.75, 3.05) is 0 Å². The van der Waals surface area contributed by atoms with Crippen molar-refractivity contribution in [1.82, 2.24) is 0 Å². The Bertz CT molecular complexity index is 512. The first-order chi connectivity index (χ1) is 7.75. The topological polar surface area (TPSA) is 30.2 Å². The minimum absolute atomic E-state index is 0.141. The number of ketones is 1. The summed E-state index contributed by atoms with van der Waals surface area (Å²) in [6.45, 7) is 0. The van der Waals surface area contributed by atoms with Gasteiger partial charge in [0.05, 0.1) is 0 Å². The van der Waals surface area contributed by atoms with Crippen LogP contribution in [0.4, 0.5) is 4.39 Å². The highest BCUT2D eigenvalue weighted by Crippen LogP contribution is 2.09. The van der Waals surface area contributed by atoms with Gasteiger partial charge in [0.2, 0.25) is 0 Å². The predicted octanol–water partition coefficient (Wildman–Crippen LogP) is 3.31. The molecule has 0 radical (unpaired) electrons. The molecular formula is C13H9FO2. The van der Waals surface area contributed by atoms with E-state index in [1.807, 2.05) is 6.07 Å². The molecular weight excluding hydrogens is 207 g/mol. The van der Waals surface area contributed by atoms with Crippen molar-refractivity contribution in [3.8, 4) is 0 Å². The normalized spacial score (nSPS) is 10.8. The van der Waals surface area contributed by atoms with Crippen LogP contribution < -0.4 is 0 Å². The van der Waals surface area contributed by atoms with Gasteiger partial charge in [0.1, 0.15) is 12.0 Å². The molecule has 80 valence electrons. The lowest BCUT2D eigenvalue weighted by atomic mass is 10.1. The van der Waals surface area contributed by atoms with Crippen LogP contribution in [0, 0.1) is 5.82 Å². The van der Waals surface area contributed by atoms with Crippen LogP contribution in [-0.4, -0.2) is 5.78 Å². The fraction of sp³-hybridized carbons (Fsp3) is 0. The Morgan fingerprint density at radius 3 is 2.62 bits per heavy atom. The number of allylic oxidation sites excluding steroid dienone is 1. The van der Waals surface area contributed by atoms with Gasteiger partial charge in [0.25, 0.3) is 0 Å². The van der Waals surface area contributed by atoms with Gasteiger partial charge in [-0.1, -0.05) is 30.3 Å². The summed E-state index contributed by atoms with van der Waals surface area (Å²) in [5.41, 5.74) is 0.589. The molecule has 1 heterocycles. The SMILES string of the molecule is O=C(C=Cc1cc(F)co1)c1ccccc1. The van der Waals surface area contributed by atoms with E-state index >= 15 is 0 Å². The molecule has 16 heavy (non-hydrogen) atoms. The number of hydrogen-bond acceptors (Lipinski definition) is 2. The van der Waals surface area contributed by atoms with E-state index in [1.165, 1.54) is 18.2 Å². The molecule has 0 saturated heterocycles. The van der Waals surface area contributed by atoms with Crippen LogP contribution in [0.5, 0.6) is 0 Å². The summed E-state index contributed by atoms with van der Waals surface area (Å²) in [5.74, 6) is -0.272. The Morgan fingerprint density at radius 1 is 1.25 bits per heavy atom. The maximum absolute atomic E-state index is 12.6. The molecule has 0 aliphatic heterocycles. The molecule has 0 spiro atoms. The average molecular weight is 216 g/mol. The van der Waals surface area contributed by atoms with E-state index in [9.17, 15) is 9.18 Å². The van der Waals surface area contributed by atoms with Crippen molar-refractivity contribution < 1.29 is 13.6 Å². The van der Waals surface area contributed by atoms with Gasteiger partial charge in [-0.2, -0.15) is 0 Å². The molecule has 0 aliphatic carbocycles. The lowest BCUT2D eigenvalue weighted by Gasteiger charge is -1.92. The van der Waals surface area contributed by atoms with E-state index in [1.54, 1.807) is 24.3 Å². The van der Waals surface area contributed by atoms with Crippen LogP contribution in [0.15, 0.2) is 53.2 Å². The van der Waals surface area contributed by atoms with E-state index in [0.717, 1.165) is 6.26 Å². The Kier molecular flexibility index (Phi) is 2.96. The molecule has 2 nitrogen and oxygen atoms in total. The number of benzene rings is 1. The maximum Gasteiger partial charge on any atom is 0.185 e. The van der Waals surface area contributed by atoms with Crippen LogP contribution in [0.25, 0.3) is 6.08 Å². The number of carbonyl (C=O) groups is 1. The molecule has 0 saturated carbocycles. The van der Waals surface area contributed by atoms with E-state index < -0.39 is 5.82 Å². The van der Waals surface area contributed by atoms with Gasteiger partial charge in [0.15, 0.2) is 11.6 Å². The zero-order chi connectivity index (χ0) is 11.4. The van der Waals surface area contributed by atoms with Crippen molar-refractivity contribution in [2.24, 2.45) is 0 Å². The van der Waals surface area contributed by atoms with Crippen LogP contribution in [0.1, 0.15) is 16.1 Å². The molecule has 0 atom stereocenters. The van der Waals surface area contributed by atoms with Crippen molar-refractivity contribution in [1.29, 1.82) is 0 Å². The van der Waals surface area contributed by atoms with E-state index in [2.05, 4.69) is 0 Å². The Hall–Kier alpha value is -2.16. The first-order valence-electron chi connectivity index (χ1n) is 4.77. The molecule has 3 heteroatoms. The van der Waals surface area contributed by atoms with Crippen molar-refractivity contribution in [2.45, 2.75) is 0 Å². The zero-order valence-electron chi connectivity index (χ0n) is 8.39. The Morgan fingerprint density at radius 2 is 2.00 bits per heavy atom. The second-order valence-electron chi connectivity index (χ2n) is 3.23. The average Bonchev–Trinajstić information content (AvgIpc) is 2.73. The van der Waals surface area contributed by atoms with Gasteiger partial charge in [-0.3, -0.25) is 4.79 Å². The third-order valence-electron chi connectivity index (χ3n) is 2.05. The third-order valence-corrected chi connectivity index (χ3v) is 2.05. The first kappa shape index (κ1) is 10.4. The fourth-order valence-corrected chi connectivity index (χ4v) is 1.27. The second-order valence-corrected chi connectivity index (χ2v) is 3.23. The van der Waals surface area contributed by atoms with Crippen molar-refractivity contribution >= 4 is 11.9 Å². The number of rotatable bonds is 3. The third kappa shape index (κ3) is 2.45. The largest absolute Gasteiger partial charge is 0.462 e. The molecule has 0 fully saturated rings. The summed E-state index contributed by atoms with van der Waals surface area (Å²) in [7, 11) is 0. The van der Waals surface area contributed by atoms with Gasteiger partial charge < -0.3 is 4.42 Å². The summed E-state index contributed by atoms with van der Waals surface area (Å²) in [6, 6.07) is 10.1. The van der Waals surface area contributed by atoms with E-state index in [4.69, 9.17) is 4.42 Å². The summed E-state index contributed by atoms with van der Waals surface area (Å²) < 4.78 is 17.4. The van der Waals surface area contributed by atoms with Crippen molar-refractivity contribution in [3.63, 3.8) is 0 Å². The quantitative estimate of drug-likeness (QED) is 0.582. The number of carbonyl (C=O) groups excluding carboxylic acids is 1. The molecule has 1 aromatic heterocycles. The van der Waals surface area contributed by atoms with Crippen molar-refractivity contribution in [3.05, 3.63) is 65.9 Å². The fourth-order valence-electron chi connectivity index (χ4n) is 1.27. The predicted molar refractivity (Wildman–Crippen MR) is 58.5 cm³/mol. The van der Waals surface area contributed by atoms with Crippen LogP contribution in [-0.2, 0) is 0 Å². The molecule has 0 aliphatic rings. The van der Waals surface area contributed by atoms with Gasteiger partial charge in [-0.25, -0.2) is 4.39 Å². The minimum atomic E-state index is -0.452. The first-order valence-corrected chi connectivity index (χ1v) is 4.77. The molecule has 0 bridgehead atoms. The Labute approximate surface area is 92.0 Å². The van der Waals surface area contributed by atoms with Crippen LogP contribution >= 0.6 is 0 Å². The molecule has 1 aromatic carbocycles. The van der Waals surface area contributed by atoms with Gasteiger partial charge in [-0.15, -0.1) is 0 Å². The number of hydrogen-bond donors (Lipinski definition) is 0. The van der Waals surface area contributed by atoms with E-state index in [0.29, 0.717) is 11.3 Å². The second kappa shape index (κ2) is 4.57. The maximum atomic E-state index is 12.6. The highest BCUT2D eigenvalue weighted by molar-refractivity contribution is 6.06. The van der Waals surface area contributed by atoms with Gasteiger partial charge in [0, 0.05) is 11.6 Å². The molecule has 0 amide bonds. The molecule has 0 N–H and O–H groups in total. The summed E-state index contributed by atoms with van der Waals surface area (Å²) in [4.78, 5) is 11.6. The van der Waals surface area contributed by atoms with Gasteiger partial charge in [-0.05, 0) is 12.2 Å². The van der Waals surface area contributed by atoms with Crippen LogP contribution in [0.2, 0.25) is 0 Å². The highest BCUT2D eigenvalue weighted by atomic mass is 19.1. The molecule has 2 aromatic rings. The lowest BCUT2D eigenvalue weighted by molar-refractivity contribution is 0.104. The summed E-state index contributed by atoms with van der Waals surface area (Å²) >= 11 is 0. The standard InChI is InChI=1S/C13H9FO2/c14-11-8-12(16-9-11)6-7-13(15)10-4-2-1-3-5-10/h1-9H. The smallest absolute Gasteiger partial charge is 0.185 e. The Balaban J connectivity index is 2.11. The lowest BCUT2D eigenvalue weighted by Crippen LogP contribution is -1.92. The molecule has 2 rings (SSSR count). The van der Waals surface area contributed by atoms with E-state index in [-0.39, 0.29) is 5.78 Å². The number of furan rings is 1. The molecule has 0 unspecified atom stereocenters. The number of halogens is 1. The highest BCUT2D eigenvalue weighted by Gasteiger charge is 2.01. The monoisotopic (exact) mass is 216 g/mol. The van der Waals surface area contributed by atoms with Gasteiger partial charge >= 0.3 is 0 Å². The zero-order valence-corrected chi connectivity index (χ0v) is 8.39. The van der Waals surface area contributed by atoms with Crippen LogP contribution in [0.3, 0.4) is 0 Å². The minimum Gasteiger partial charge on any atom is -0.462 e. The summed E-state index contributed by atoms with van der Waals surface area (Å²) in [6.07, 6.45) is 3.79.